The van der Waals surface area contributed by atoms with Gasteiger partial charge in [-0.2, -0.15) is 0 Å². The molecular formula is C11H14N4O3S. The third-order valence-corrected chi connectivity index (χ3v) is 3.93. The molecule has 0 spiro atoms. The molecule has 2 rings (SSSR count). The maximum Gasteiger partial charge on any atom is 0.242 e. The van der Waals surface area contributed by atoms with Crippen molar-refractivity contribution >= 4 is 15.7 Å². The summed E-state index contributed by atoms with van der Waals surface area (Å²) in [5.41, 5.74) is 6.68. The monoisotopic (exact) mass is 282 g/mol. The molecule has 0 saturated heterocycles. The molecule has 1 aromatic heterocycles. The second-order valence-corrected chi connectivity index (χ2v) is 5.75. The first-order chi connectivity index (χ1) is 8.92. The molecule has 0 amide bonds. The van der Waals surface area contributed by atoms with Gasteiger partial charge in [-0.05, 0) is 26.1 Å². The predicted octanol–water partition coefficient (Wildman–Crippen LogP) is 1.00. The van der Waals surface area contributed by atoms with Gasteiger partial charge in [-0.15, -0.1) is 5.10 Å². The topological polar surface area (TPSA) is 110 Å². The highest BCUT2D eigenvalue weighted by Gasteiger charge is 2.15. The van der Waals surface area contributed by atoms with Gasteiger partial charge >= 0.3 is 0 Å². The van der Waals surface area contributed by atoms with Gasteiger partial charge in [-0.3, -0.25) is 5.10 Å². The van der Waals surface area contributed by atoms with Crippen molar-refractivity contribution in [1.29, 1.82) is 0 Å². The summed E-state index contributed by atoms with van der Waals surface area (Å²) < 4.78 is 30.9. The average Bonchev–Trinajstić information content (AvgIpc) is 2.74. The van der Waals surface area contributed by atoms with Gasteiger partial charge in [0.1, 0.15) is 10.6 Å². The minimum absolute atomic E-state index is 0.0144. The van der Waals surface area contributed by atoms with Crippen LogP contribution in [0.3, 0.4) is 0 Å². The van der Waals surface area contributed by atoms with Crippen LogP contribution in [0.2, 0.25) is 0 Å². The van der Waals surface area contributed by atoms with Crippen molar-refractivity contribution in [3.63, 3.8) is 0 Å². The van der Waals surface area contributed by atoms with Crippen molar-refractivity contribution in [3.05, 3.63) is 30.0 Å². The van der Waals surface area contributed by atoms with Gasteiger partial charge in [-0.1, -0.05) is 0 Å². The number of benzene rings is 1. The fraction of sp³-hybridized carbons (Fsp3) is 0.182. The standard InChI is InChI=1S/C11H14N4O3S/c1-7-5-11(15-14-7)18-8-3-4-10(9(12)6-8)19(16,17)13-2/h3-6,13H,12H2,1-2H3,(H,14,15). The summed E-state index contributed by atoms with van der Waals surface area (Å²) in [6.07, 6.45) is 0. The molecule has 0 radical (unpaired) electrons. The summed E-state index contributed by atoms with van der Waals surface area (Å²) >= 11 is 0. The quantitative estimate of drug-likeness (QED) is 0.725. The highest BCUT2D eigenvalue weighted by atomic mass is 32.2. The fourth-order valence-electron chi connectivity index (χ4n) is 1.51. The summed E-state index contributed by atoms with van der Waals surface area (Å²) in [4.78, 5) is 0.0144. The molecule has 1 heterocycles. The lowest BCUT2D eigenvalue weighted by Gasteiger charge is -2.08. The molecule has 0 aliphatic rings. The van der Waals surface area contributed by atoms with Crippen LogP contribution in [-0.4, -0.2) is 25.7 Å². The van der Waals surface area contributed by atoms with Crippen LogP contribution in [0.1, 0.15) is 5.69 Å². The first-order valence-electron chi connectivity index (χ1n) is 5.45. The normalized spacial score (nSPS) is 11.5. The Balaban J connectivity index is 2.29. The van der Waals surface area contributed by atoms with E-state index >= 15 is 0 Å². The van der Waals surface area contributed by atoms with Crippen molar-refractivity contribution < 1.29 is 13.2 Å². The Bertz CT molecular complexity index is 694. The highest BCUT2D eigenvalue weighted by Crippen LogP contribution is 2.26. The second kappa shape index (κ2) is 4.90. The van der Waals surface area contributed by atoms with E-state index in [2.05, 4.69) is 14.9 Å². The minimum atomic E-state index is -3.57. The maximum absolute atomic E-state index is 11.6. The number of sulfonamides is 1. The van der Waals surface area contributed by atoms with E-state index in [1.165, 1.54) is 25.2 Å². The van der Waals surface area contributed by atoms with Crippen LogP contribution in [0.5, 0.6) is 11.6 Å². The zero-order chi connectivity index (χ0) is 14.0. The molecule has 19 heavy (non-hydrogen) atoms. The van der Waals surface area contributed by atoms with Crippen LogP contribution in [0, 0.1) is 6.92 Å². The smallest absolute Gasteiger partial charge is 0.242 e. The molecule has 0 aliphatic carbocycles. The number of rotatable bonds is 4. The van der Waals surface area contributed by atoms with Gasteiger partial charge in [0, 0.05) is 17.8 Å². The lowest BCUT2D eigenvalue weighted by Crippen LogP contribution is -2.19. The van der Waals surface area contributed by atoms with Crippen LogP contribution in [0.15, 0.2) is 29.2 Å². The molecule has 1 aromatic carbocycles. The minimum Gasteiger partial charge on any atom is -0.437 e. The van der Waals surface area contributed by atoms with E-state index in [0.29, 0.717) is 11.6 Å². The van der Waals surface area contributed by atoms with Crippen LogP contribution in [-0.2, 0) is 10.0 Å². The molecule has 0 unspecified atom stereocenters. The van der Waals surface area contributed by atoms with Crippen LogP contribution >= 0.6 is 0 Å². The molecule has 2 aromatic rings. The molecule has 0 saturated carbocycles. The van der Waals surface area contributed by atoms with Gasteiger partial charge in [0.2, 0.25) is 15.9 Å². The van der Waals surface area contributed by atoms with Crippen LogP contribution < -0.4 is 15.2 Å². The molecule has 4 N–H and O–H groups in total. The van der Waals surface area contributed by atoms with Crippen molar-refractivity contribution in [3.8, 4) is 11.6 Å². The summed E-state index contributed by atoms with van der Waals surface area (Å²) in [6, 6.07) is 6.06. The lowest BCUT2D eigenvalue weighted by molar-refractivity contribution is 0.461. The Morgan fingerprint density at radius 1 is 1.37 bits per heavy atom. The summed E-state index contributed by atoms with van der Waals surface area (Å²) in [5.74, 6) is 0.806. The molecule has 8 heteroatoms. The molecule has 102 valence electrons. The number of nitrogens with one attached hydrogen (secondary N) is 2. The summed E-state index contributed by atoms with van der Waals surface area (Å²) in [7, 11) is -2.24. The third-order valence-electron chi connectivity index (χ3n) is 2.44. The van der Waals surface area contributed by atoms with Gasteiger partial charge < -0.3 is 10.5 Å². The van der Waals surface area contributed by atoms with Crippen molar-refractivity contribution in [2.75, 3.05) is 12.8 Å². The van der Waals surface area contributed by atoms with Gasteiger partial charge in [-0.25, -0.2) is 13.1 Å². The number of anilines is 1. The number of H-pyrrole nitrogens is 1. The first kappa shape index (κ1) is 13.4. The Kier molecular flexibility index (Phi) is 3.45. The Morgan fingerprint density at radius 2 is 2.11 bits per heavy atom. The van der Waals surface area contributed by atoms with E-state index in [1.54, 1.807) is 6.07 Å². The predicted molar refractivity (Wildman–Crippen MR) is 70.5 cm³/mol. The van der Waals surface area contributed by atoms with E-state index < -0.39 is 10.0 Å². The SMILES string of the molecule is CNS(=O)(=O)c1ccc(Oc2cc(C)[nH]n2)cc1N. The number of ether oxygens (including phenoxy) is 1. The van der Waals surface area contributed by atoms with Crippen molar-refractivity contribution in [1.82, 2.24) is 14.9 Å². The molecule has 0 aliphatic heterocycles. The van der Waals surface area contributed by atoms with E-state index in [0.717, 1.165) is 5.69 Å². The van der Waals surface area contributed by atoms with E-state index in [4.69, 9.17) is 10.5 Å². The number of aryl methyl sites for hydroxylation is 1. The van der Waals surface area contributed by atoms with E-state index in [-0.39, 0.29) is 10.6 Å². The van der Waals surface area contributed by atoms with Crippen LogP contribution in [0.4, 0.5) is 5.69 Å². The largest absolute Gasteiger partial charge is 0.437 e. The Labute approximate surface area is 110 Å². The third kappa shape index (κ3) is 2.85. The zero-order valence-electron chi connectivity index (χ0n) is 10.5. The van der Waals surface area contributed by atoms with Gasteiger partial charge in [0.25, 0.3) is 0 Å². The number of aromatic nitrogens is 2. The Hall–Kier alpha value is -2.06. The number of nitrogens with two attached hydrogens (primary N) is 1. The Morgan fingerprint density at radius 3 is 2.63 bits per heavy atom. The highest BCUT2D eigenvalue weighted by molar-refractivity contribution is 7.89. The molecule has 0 atom stereocenters. The first-order valence-corrected chi connectivity index (χ1v) is 6.93. The summed E-state index contributed by atoms with van der Waals surface area (Å²) in [5, 5.41) is 6.65. The van der Waals surface area contributed by atoms with E-state index in [1.807, 2.05) is 6.92 Å². The van der Waals surface area contributed by atoms with E-state index in [9.17, 15) is 8.42 Å². The zero-order valence-corrected chi connectivity index (χ0v) is 11.3. The van der Waals surface area contributed by atoms with Gasteiger partial charge in [0.15, 0.2) is 0 Å². The number of aromatic amines is 1. The average molecular weight is 282 g/mol. The number of nitrogens with zero attached hydrogens (tertiary/aromatic N) is 1. The van der Waals surface area contributed by atoms with Crippen molar-refractivity contribution in [2.24, 2.45) is 0 Å². The molecule has 0 fully saturated rings. The molecule has 7 nitrogen and oxygen atoms in total. The van der Waals surface area contributed by atoms with Crippen molar-refractivity contribution in [2.45, 2.75) is 11.8 Å². The lowest BCUT2D eigenvalue weighted by atomic mass is 10.3. The second-order valence-electron chi connectivity index (χ2n) is 3.90. The fourth-order valence-corrected chi connectivity index (χ4v) is 2.35. The molecule has 0 bridgehead atoms. The number of nitrogen functional groups attached to an aromatic ring is 1. The number of hydrogen-bond acceptors (Lipinski definition) is 5. The van der Waals surface area contributed by atoms with Crippen LogP contribution in [0.25, 0.3) is 0 Å². The summed E-state index contributed by atoms with van der Waals surface area (Å²) in [6.45, 7) is 1.84. The maximum atomic E-state index is 11.6. The van der Waals surface area contributed by atoms with Gasteiger partial charge in [0.05, 0.1) is 5.69 Å². The number of hydrogen-bond donors (Lipinski definition) is 3. The molecular weight excluding hydrogens is 268 g/mol.